The lowest BCUT2D eigenvalue weighted by molar-refractivity contribution is -0.123. The number of carbonyl (C=O) groups is 3. The number of fused-ring (bicyclic) bond motifs is 1. The fraction of sp³-hybridized carbons (Fsp3) is 0.381. The SMILES string of the molecule is CC(=O)c1ccc(NC(=O)[C@H]2CC(=O)Nc3nc(N4CCCCC4)nc(N)c32)cc1. The van der Waals surface area contributed by atoms with E-state index in [9.17, 15) is 14.4 Å². The molecule has 0 bridgehead atoms. The van der Waals surface area contributed by atoms with E-state index in [2.05, 4.69) is 20.6 Å². The molecule has 1 aromatic heterocycles. The molecular weight excluding hydrogens is 384 g/mol. The van der Waals surface area contributed by atoms with Gasteiger partial charge < -0.3 is 21.3 Å². The minimum absolute atomic E-state index is 0.0407. The van der Waals surface area contributed by atoms with Gasteiger partial charge in [0.1, 0.15) is 11.6 Å². The third kappa shape index (κ3) is 3.96. The highest BCUT2D eigenvalue weighted by molar-refractivity contribution is 6.05. The number of rotatable bonds is 4. The van der Waals surface area contributed by atoms with Gasteiger partial charge in [-0.25, -0.2) is 0 Å². The Morgan fingerprint density at radius 3 is 2.50 bits per heavy atom. The second-order valence-corrected chi connectivity index (χ2v) is 7.65. The van der Waals surface area contributed by atoms with E-state index in [1.165, 1.54) is 13.3 Å². The van der Waals surface area contributed by atoms with E-state index in [1.807, 2.05) is 4.90 Å². The van der Waals surface area contributed by atoms with E-state index in [-0.39, 0.29) is 29.8 Å². The monoisotopic (exact) mass is 408 g/mol. The fourth-order valence-corrected chi connectivity index (χ4v) is 3.86. The Kier molecular flexibility index (Phi) is 5.35. The van der Waals surface area contributed by atoms with Crippen molar-refractivity contribution in [1.29, 1.82) is 0 Å². The number of carbonyl (C=O) groups excluding carboxylic acids is 3. The number of Topliss-reactive ketones (excluding diaryl/α,β-unsaturated/α-hetero) is 1. The van der Waals surface area contributed by atoms with Crippen LogP contribution >= 0.6 is 0 Å². The van der Waals surface area contributed by atoms with Crippen molar-refractivity contribution >= 4 is 40.9 Å². The largest absolute Gasteiger partial charge is 0.383 e. The van der Waals surface area contributed by atoms with Crippen LogP contribution in [0.1, 0.15) is 54.4 Å². The summed E-state index contributed by atoms with van der Waals surface area (Å²) in [6.45, 7) is 3.16. The quantitative estimate of drug-likeness (QED) is 0.662. The molecule has 2 aromatic rings. The van der Waals surface area contributed by atoms with E-state index in [4.69, 9.17) is 5.73 Å². The molecule has 0 unspecified atom stereocenters. The lowest BCUT2D eigenvalue weighted by Gasteiger charge is -2.30. The molecule has 0 spiro atoms. The first kappa shape index (κ1) is 19.8. The van der Waals surface area contributed by atoms with Gasteiger partial charge in [0.25, 0.3) is 0 Å². The number of anilines is 4. The van der Waals surface area contributed by atoms with Crippen molar-refractivity contribution in [2.45, 2.75) is 38.5 Å². The molecule has 0 radical (unpaired) electrons. The Bertz CT molecular complexity index is 999. The highest BCUT2D eigenvalue weighted by Crippen LogP contribution is 2.36. The molecule has 2 aliphatic heterocycles. The van der Waals surface area contributed by atoms with Crippen LogP contribution in [0.25, 0.3) is 0 Å². The Labute approximate surface area is 174 Å². The number of hydrogen-bond acceptors (Lipinski definition) is 7. The maximum absolute atomic E-state index is 13.0. The molecule has 1 aromatic carbocycles. The van der Waals surface area contributed by atoms with Crippen molar-refractivity contribution in [3.8, 4) is 0 Å². The van der Waals surface area contributed by atoms with Crippen LogP contribution in [0.3, 0.4) is 0 Å². The lowest BCUT2D eigenvalue weighted by Crippen LogP contribution is -2.35. The normalized spacial score (nSPS) is 18.4. The predicted octanol–water partition coefficient (Wildman–Crippen LogP) is 2.32. The van der Waals surface area contributed by atoms with Crippen LogP contribution in [0.15, 0.2) is 24.3 Å². The second-order valence-electron chi connectivity index (χ2n) is 7.65. The van der Waals surface area contributed by atoms with Gasteiger partial charge in [-0.2, -0.15) is 9.97 Å². The highest BCUT2D eigenvalue weighted by atomic mass is 16.2. The zero-order valence-electron chi connectivity index (χ0n) is 16.8. The van der Waals surface area contributed by atoms with E-state index in [1.54, 1.807) is 24.3 Å². The zero-order chi connectivity index (χ0) is 21.3. The summed E-state index contributed by atoms with van der Waals surface area (Å²) in [5, 5.41) is 5.53. The number of ketones is 1. The van der Waals surface area contributed by atoms with Crippen LogP contribution in [-0.4, -0.2) is 40.7 Å². The molecule has 0 aliphatic carbocycles. The van der Waals surface area contributed by atoms with E-state index in [0.29, 0.717) is 28.6 Å². The fourth-order valence-electron chi connectivity index (χ4n) is 3.86. The third-order valence-corrected chi connectivity index (χ3v) is 5.47. The number of nitrogens with two attached hydrogens (primary N) is 1. The van der Waals surface area contributed by atoms with Gasteiger partial charge in [0.15, 0.2) is 5.78 Å². The van der Waals surface area contributed by atoms with Gasteiger partial charge in [-0.05, 0) is 50.5 Å². The standard InChI is InChI=1S/C21H24N6O3/c1-12(28)13-5-7-14(8-6-13)23-20(30)15-11-16(29)24-19-17(15)18(22)25-21(26-19)27-9-3-2-4-10-27/h5-8,15H,2-4,9-11H2,1H3,(H,23,30)(H3,22,24,25,26,29)/t15-/m0/s1. The van der Waals surface area contributed by atoms with E-state index < -0.39 is 5.92 Å². The molecule has 1 fully saturated rings. The summed E-state index contributed by atoms with van der Waals surface area (Å²) in [5.41, 5.74) is 7.74. The van der Waals surface area contributed by atoms with Crippen LogP contribution in [0.2, 0.25) is 0 Å². The maximum Gasteiger partial charge on any atom is 0.232 e. The molecule has 30 heavy (non-hydrogen) atoms. The summed E-state index contributed by atoms with van der Waals surface area (Å²) in [5.74, 6) is -0.539. The van der Waals surface area contributed by atoms with Crippen molar-refractivity contribution in [3.05, 3.63) is 35.4 Å². The zero-order valence-corrected chi connectivity index (χ0v) is 16.8. The van der Waals surface area contributed by atoms with Crippen LogP contribution in [0, 0.1) is 0 Å². The van der Waals surface area contributed by atoms with Crippen molar-refractivity contribution in [3.63, 3.8) is 0 Å². The van der Waals surface area contributed by atoms with Crippen LogP contribution in [0.4, 0.5) is 23.3 Å². The van der Waals surface area contributed by atoms with Crippen molar-refractivity contribution in [2.75, 3.05) is 34.4 Å². The molecule has 1 atom stereocenters. The first-order valence-corrected chi connectivity index (χ1v) is 10.1. The molecule has 2 aliphatic rings. The van der Waals surface area contributed by atoms with Crippen molar-refractivity contribution < 1.29 is 14.4 Å². The van der Waals surface area contributed by atoms with Crippen molar-refractivity contribution in [2.24, 2.45) is 0 Å². The predicted molar refractivity (Wildman–Crippen MR) is 114 cm³/mol. The number of amides is 2. The molecule has 4 N–H and O–H groups in total. The number of aromatic nitrogens is 2. The molecule has 2 amide bonds. The van der Waals surface area contributed by atoms with Gasteiger partial charge in [0.2, 0.25) is 17.8 Å². The van der Waals surface area contributed by atoms with Crippen LogP contribution in [-0.2, 0) is 9.59 Å². The molecule has 3 heterocycles. The molecule has 0 saturated carbocycles. The minimum Gasteiger partial charge on any atom is -0.383 e. The Balaban J connectivity index is 1.59. The minimum atomic E-state index is -0.795. The van der Waals surface area contributed by atoms with E-state index in [0.717, 1.165) is 25.9 Å². The summed E-state index contributed by atoms with van der Waals surface area (Å²) >= 11 is 0. The van der Waals surface area contributed by atoms with Gasteiger partial charge in [-0.3, -0.25) is 14.4 Å². The average Bonchev–Trinajstić information content (AvgIpc) is 2.73. The Hall–Kier alpha value is -3.49. The third-order valence-electron chi connectivity index (χ3n) is 5.47. The lowest BCUT2D eigenvalue weighted by atomic mass is 9.91. The van der Waals surface area contributed by atoms with Gasteiger partial charge in [0, 0.05) is 30.8 Å². The number of hydrogen-bond donors (Lipinski definition) is 3. The van der Waals surface area contributed by atoms with Gasteiger partial charge in [0.05, 0.1) is 11.5 Å². The summed E-state index contributed by atoms with van der Waals surface area (Å²) < 4.78 is 0. The van der Waals surface area contributed by atoms with Crippen LogP contribution < -0.4 is 21.3 Å². The summed E-state index contributed by atoms with van der Waals surface area (Å²) in [6.07, 6.45) is 3.24. The number of nitrogen functional groups attached to an aromatic ring is 1. The summed E-state index contributed by atoms with van der Waals surface area (Å²) in [7, 11) is 0. The topological polar surface area (TPSA) is 130 Å². The molecule has 4 rings (SSSR count). The Morgan fingerprint density at radius 2 is 1.83 bits per heavy atom. The number of nitrogens with zero attached hydrogens (tertiary/aromatic N) is 3. The molecule has 156 valence electrons. The van der Waals surface area contributed by atoms with Crippen molar-refractivity contribution in [1.82, 2.24) is 9.97 Å². The number of piperidine rings is 1. The number of nitrogens with one attached hydrogen (secondary N) is 2. The first-order chi connectivity index (χ1) is 14.4. The van der Waals surface area contributed by atoms with Gasteiger partial charge in [-0.1, -0.05) is 0 Å². The van der Waals surface area contributed by atoms with Crippen LogP contribution in [0.5, 0.6) is 0 Å². The second kappa shape index (κ2) is 8.10. The molecule has 9 heteroatoms. The number of benzene rings is 1. The highest BCUT2D eigenvalue weighted by Gasteiger charge is 2.35. The summed E-state index contributed by atoms with van der Waals surface area (Å²) in [4.78, 5) is 47.6. The molecular formula is C21H24N6O3. The maximum atomic E-state index is 13.0. The smallest absolute Gasteiger partial charge is 0.232 e. The molecule has 1 saturated heterocycles. The average molecular weight is 408 g/mol. The van der Waals surface area contributed by atoms with Gasteiger partial charge in [-0.15, -0.1) is 0 Å². The summed E-state index contributed by atoms with van der Waals surface area (Å²) in [6, 6.07) is 6.58. The van der Waals surface area contributed by atoms with E-state index >= 15 is 0 Å². The Morgan fingerprint density at radius 1 is 1.13 bits per heavy atom. The van der Waals surface area contributed by atoms with Gasteiger partial charge >= 0.3 is 0 Å². The molecule has 9 nitrogen and oxygen atoms in total. The first-order valence-electron chi connectivity index (χ1n) is 10.1.